The van der Waals surface area contributed by atoms with Crippen LogP contribution in [0.3, 0.4) is 0 Å². The lowest BCUT2D eigenvalue weighted by atomic mass is 10.3. The van der Waals surface area contributed by atoms with Gasteiger partial charge < -0.3 is 15.1 Å². The van der Waals surface area contributed by atoms with Crippen molar-refractivity contribution in [2.24, 2.45) is 0 Å². The number of rotatable bonds is 2. The highest BCUT2D eigenvalue weighted by Crippen LogP contribution is 2.12. The van der Waals surface area contributed by atoms with Gasteiger partial charge in [-0.05, 0) is 12.1 Å². The fourth-order valence-corrected chi connectivity index (χ4v) is 1.70. The lowest BCUT2D eigenvalue weighted by molar-refractivity contribution is -0.129. The maximum Gasteiger partial charge on any atom is 0.271 e. The standard InChI is InChI=1S/C11H15N5O2/c1-12-11(18)8-3-4-9(14-13-8)16-6-5-15(2)10(17)7-16/h3-4H,5-7H2,1-2H3,(H,12,18). The Morgan fingerprint density at radius 3 is 2.67 bits per heavy atom. The molecule has 1 aromatic rings. The van der Waals surface area contributed by atoms with Crippen LogP contribution in [-0.4, -0.2) is 60.6 Å². The molecule has 18 heavy (non-hydrogen) atoms. The lowest BCUT2D eigenvalue weighted by Gasteiger charge is -2.32. The van der Waals surface area contributed by atoms with E-state index < -0.39 is 0 Å². The van der Waals surface area contributed by atoms with E-state index in [0.717, 1.165) is 6.54 Å². The van der Waals surface area contributed by atoms with Gasteiger partial charge in [0.15, 0.2) is 11.5 Å². The van der Waals surface area contributed by atoms with Gasteiger partial charge in [-0.3, -0.25) is 9.59 Å². The van der Waals surface area contributed by atoms with Crippen molar-refractivity contribution >= 4 is 17.6 Å². The molecule has 1 aliphatic rings. The Kier molecular flexibility index (Phi) is 3.40. The Labute approximate surface area is 105 Å². The van der Waals surface area contributed by atoms with Crippen molar-refractivity contribution in [1.29, 1.82) is 0 Å². The van der Waals surface area contributed by atoms with E-state index in [9.17, 15) is 9.59 Å². The van der Waals surface area contributed by atoms with Crippen LogP contribution < -0.4 is 10.2 Å². The number of nitrogens with zero attached hydrogens (tertiary/aromatic N) is 4. The second kappa shape index (κ2) is 4.99. The molecule has 0 radical (unpaired) electrons. The summed E-state index contributed by atoms with van der Waals surface area (Å²) in [5.41, 5.74) is 0.265. The number of anilines is 1. The molecule has 1 N–H and O–H groups in total. The molecule has 0 aliphatic carbocycles. The first-order valence-electron chi connectivity index (χ1n) is 5.66. The smallest absolute Gasteiger partial charge is 0.271 e. The zero-order valence-electron chi connectivity index (χ0n) is 10.4. The summed E-state index contributed by atoms with van der Waals surface area (Å²) in [5.74, 6) is 0.394. The fraction of sp³-hybridized carbons (Fsp3) is 0.455. The zero-order valence-corrected chi connectivity index (χ0v) is 10.4. The van der Waals surface area contributed by atoms with Gasteiger partial charge in [0.25, 0.3) is 5.91 Å². The molecule has 2 heterocycles. The largest absolute Gasteiger partial charge is 0.354 e. The Bertz CT molecular complexity index is 459. The average Bonchev–Trinajstić information content (AvgIpc) is 2.41. The zero-order chi connectivity index (χ0) is 13.1. The molecule has 96 valence electrons. The second-order valence-electron chi connectivity index (χ2n) is 4.09. The molecule has 0 aromatic carbocycles. The Morgan fingerprint density at radius 2 is 2.11 bits per heavy atom. The number of nitrogens with one attached hydrogen (secondary N) is 1. The summed E-state index contributed by atoms with van der Waals surface area (Å²) in [6, 6.07) is 3.31. The first-order valence-corrected chi connectivity index (χ1v) is 5.66. The average molecular weight is 249 g/mol. The summed E-state index contributed by atoms with van der Waals surface area (Å²) in [6.07, 6.45) is 0. The Balaban J connectivity index is 2.10. The molecule has 0 saturated carbocycles. The number of carbonyl (C=O) groups is 2. The molecule has 0 bridgehead atoms. The van der Waals surface area contributed by atoms with Crippen LogP contribution in [0.15, 0.2) is 12.1 Å². The van der Waals surface area contributed by atoms with Gasteiger partial charge >= 0.3 is 0 Å². The summed E-state index contributed by atoms with van der Waals surface area (Å²) >= 11 is 0. The van der Waals surface area contributed by atoms with Crippen LogP contribution >= 0.6 is 0 Å². The number of hydrogen-bond donors (Lipinski definition) is 1. The van der Waals surface area contributed by atoms with Gasteiger partial charge in [0.1, 0.15) is 0 Å². The van der Waals surface area contributed by atoms with E-state index in [2.05, 4.69) is 15.5 Å². The number of piperazine rings is 1. The van der Waals surface area contributed by atoms with E-state index in [1.807, 2.05) is 4.90 Å². The SMILES string of the molecule is CNC(=O)c1ccc(N2CCN(C)C(=O)C2)nn1. The maximum absolute atomic E-state index is 11.6. The van der Waals surface area contributed by atoms with Gasteiger partial charge in [0.2, 0.25) is 5.91 Å². The highest BCUT2D eigenvalue weighted by Gasteiger charge is 2.22. The summed E-state index contributed by atoms with van der Waals surface area (Å²) in [4.78, 5) is 26.4. The van der Waals surface area contributed by atoms with Crippen LogP contribution in [0.25, 0.3) is 0 Å². The van der Waals surface area contributed by atoms with Crippen LogP contribution in [0.2, 0.25) is 0 Å². The Hall–Kier alpha value is -2.18. The van der Waals surface area contributed by atoms with Crippen molar-refractivity contribution in [1.82, 2.24) is 20.4 Å². The van der Waals surface area contributed by atoms with Gasteiger partial charge in [0, 0.05) is 27.2 Å². The number of carbonyl (C=O) groups excluding carboxylic acids is 2. The molecule has 1 aromatic heterocycles. The van der Waals surface area contributed by atoms with Gasteiger partial charge in [-0.15, -0.1) is 10.2 Å². The van der Waals surface area contributed by atoms with Crippen molar-refractivity contribution in [3.05, 3.63) is 17.8 Å². The molecule has 1 saturated heterocycles. The summed E-state index contributed by atoms with van der Waals surface area (Å²) in [5, 5.41) is 10.3. The number of likely N-dealkylation sites (N-methyl/N-ethyl adjacent to an activating group) is 1. The van der Waals surface area contributed by atoms with Crippen molar-refractivity contribution in [2.75, 3.05) is 38.6 Å². The summed E-state index contributed by atoms with van der Waals surface area (Å²) in [6.45, 7) is 1.68. The maximum atomic E-state index is 11.6. The van der Waals surface area contributed by atoms with Crippen molar-refractivity contribution < 1.29 is 9.59 Å². The molecule has 0 spiro atoms. The predicted molar refractivity (Wildman–Crippen MR) is 65.3 cm³/mol. The predicted octanol–water partition coefficient (Wildman–Crippen LogP) is -0.885. The third kappa shape index (κ3) is 2.39. The minimum atomic E-state index is -0.275. The van der Waals surface area contributed by atoms with Gasteiger partial charge in [0.05, 0.1) is 6.54 Å². The van der Waals surface area contributed by atoms with Crippen LogP contribution in [0.1, 0.15) is 10.5 Å². The quantitative estimate of drug-likeness (QED) is 0.736. The molecule has 7 heteroatoms. The van der Waals surface area contributed by atoms with Crippen LogP contribution in [0.5, 0.6) is 0 Å². The molecule has 2 amide bonds. The third-order valence-corrected chi connectivity index (χ3v) is 2.89. The molecular formula is C11H15N5O2. The van der Waals surface area contributed by atoms with Crippen LogP contribution in [0, 0.1) is 0 Å². The summed E-state index contributed by atoms with van der Waals surface area (Å²) in [7, 11) is 3.32. The van der Waals surface area contributed by atoms with E-state index in [-0.39, 0.29) is 17.5 Å². The third-order valence-electron chi connectivity index (χ3n) is 2.89. The monoisotopic (exact) mass is 249 g/mol. The molecule has 0 unspecified atom stereocenters. The van der Waals surface area contributed by atoms with Crippen LogP contribution in [-0.2, 0) is 4.79 Å². The second-order valence-corrected chi connectivity index (χ2v) is 4.09. The van der Waals surface area contributed by atoms with E-state index in [4.69, 9.17) is 0 Å². The molecular weight excluding hydrogens is 234 g/mol. The molecule has 1 aliphatic heterocycles. The van der Waals surface area contributed by atoms with Crippen LogP contribution in [0.4, 0.5) is 5.82 Å². The molecule has 1 fully saturated rings. The van der Waals surface area contributed by atoms with Gasteiger partial charge in [-0.1, -0.05) is 0 Å². The lowest BCUT2D eigenvalue weighted by Crippen LogP contribution is -2.48. The fourth-order valence-electron chi connectivity index (χ4n) is 1.70. The van der Waals surface area contributed by atoms with E-state index >= 15 is 0 Å². The van der Waals surface area contributed by atoms with Gasteiger partial charge in [-0.25, -0.2) is 0 Å². The van der Waals surface area contributed by atoms with E-state index in [0.29, 0.717) is 18.9 Å². The minimum absolute atomic E-state index is 0.0541. The molecule has 2 rings (SSSR count). The Morgan fingerprint density at radius 1 is 1.33 bits per heavy atom. The first-order chi connectivity index (χ1) is 8.61. The normalized spacial score (nSPS) is 15.8. The topological polar surface area (TPSA) is 78.4 Å². The van der Waals surface area contributed by atoms with E-state index in [1.54, 1.807) is 24.1 Å². The summed E-state index contributed by atoms with van der Waals surface area (Å²) < 4.78 is 0. The van der Waals surface area contributed by atoms with Crippen molar-refractivity contribution in [3.8, 4) is 0 Å². The number of aromatic nitrogens is 2. The van der Waals surface area contributed by atoms with E-state index in [1.165, 1.54) is 7.05 Å². The molecule has 7 nitrogen and oxygen atoms in total. The minimum Gasteiger partial charge on any atom is -0.354 e. The first kappa shape index (κ1) is 12.3. The number of amides is 2. The highest BCUT2D eigenvalue weighted by molar-refractivity contribution is 5.92. The van der Waals surface area contributed by atoms with Crippen molar-refractivity contribution in [3.63, 3.8) is 0 Å². The molecule has 0 atom stereocenters. The number of hydrogen-bond acceptors (Lipinski definition) is 5. The highest BCUT2D eigenvalue weighted by atomic mass is 16.2. The van der Waals surface area contributed by atoms with Gasteiger partial charge in [-0.2, -0.15) is 0 Å². The van der Waals surface area contributed by atoms with Crippen molar-refractivity contribution in [2.45, 2.75) is 0 Å².